The molecule has 3 aromatic rings. The number of ether oxygens (including phenoxy) is 2. The third-order valence-electron chi connectivity index (χ3n) is 6.01. The Kier molecular flexibility index (Phi) is 9.01. The summed E-state index contributed by atoms with van der Waals surface area (Å²) in [4.78, 5) is 3.85. The largest absolute Gasteiger partial charge is 0.382 e. The SMILES string of the molecule is C[C@@H](SC1COC(/C=C/C=C/c2ccc(C#N)cc2F)OC1)[C@](O)(Cn1cncn1)c1c(F)cccc1F. The molecule has 1 aromatic heterocycles. The van der Waals surface area contributed by atoms with Crippen molar-refractivity contribution >= 4 is 17.8 Å². The van der Waals surface area contributed by atoms with Gasteiger partial charge < -0.3 is 14.6 Å². The minimum Gasteiger partial charge on any atom is -0.382 e. The van der Waals surface area contributed by atoms with Crippen LogP contribution in [0.2, 0.25) is 0 Å². The molecule has 1 N–H and O–H groups in total. The number of aromatic nitrogens is 3. The number of allylic oxidation sites excluding steroid dienone is 2. The maximum Gasteiger partial charge on any atom is 0.177 e. The maximum atomic E-state index is 14.7. The van der Waals surface area contributed by atoms with Gasteiger partial charge in [0, 0.05) is 10.8 Å². The third-order valence-corrected chi connectivity index (χ3v) is 7.47. The van der Waals surface area contributed by atoms with Crippen molar-refractivity contribution in [2.75, 3.05) is 13.2 Å². The molecule has 1 saturated heterocycles. The van der Waals surface area contributed by atoms with Gasteiger partial charge in [0.25, 0.3) is 0 Å². The van der Waals surface area contributed by atoms with Gasteiger partial charge in [-0.15, -0.1) is 11.8 Å². The fourth-order valence-electron chi connectivity index (χ4n) is 4.02. The van der Waals surface area contributed by atoms with Crippen LogP contribution in [0.1, 0.15) is 23.6 Å². The van der Waals surface area contributed by atoms with Crippen LogP contribution in [0.15, 0.2) is 67.3 Å². The molecule has 38 heavy (non-hydrogen) atoms. The average Bonchev–Trinajstić information content (AvgIpc) is 3.41. The van der Waals surface area contributed by atoms with Crippen molar-refractivity contribution in [2.45, 2.75) is 35.9 Å². The third kappa shape index (κ3) is 6.52. The zero-order chi connectivity index (χ0) is 27.1. The lowest BCUT2D eigenvalue weighted by Gasteiger charge is -2.37. The zero-order valence-corrected chi connectivity index (χ0v) is 21.2. The number of hydrogen-bond acceptors (Lipinski definition) is 7. The number of benzene rings is 2. The first-order chi connectivity index (χ1) is 18.3. The van der Waals surface area contributed by atoms with E-state index in [-0.39, 0.29) is 30.6 Å². The Hall–Kier alpha value is -3.43. The van der Waals surface area contributed by atoms with E-state index in [9.17, 15) is 18.3 Å². The molecule has 7 nitrogen and oxygen atoms in total. The number of hydrogen-bond donors (Lipinski definition) is 1. The molecular weight excluding hydrogens is 517 g/mol. The number of halogens is 3. The molecular formula is C27H25F3N4O3S. The van der Waals surface area contributed by atoms with Crippen molar-refractivity contribution in [2.24, 2.45) is 0 Å². The first-order valence-corrected chi connectivity index (χ1v) is 12.7. The van der Waals surface area contributed by atoms with E-state index in [1.54, 1.807) is 31.2 Å². The molecule has 11 heteroatoms. The van der Waals surface area contributed by atoms with E-state index in [0.717, 1.165) is 12.1 Å². The fourth-order valence-corrected chi connectivity index (χ4v) is 5.33. The van der Waals surface area contributed by atoms with Gasteiger partial charge in [-0.3, -0.25) is 0 Å². The van der Waals surface area contributed by atoms with Gasteiger partial charge in [-0.05, 0) is 30.3 Å². The van der Waals surface area contributed by atoms with Crippen LogP contribution in [0.5, 0.6) is 0 Å². The van der Waals surface area contributed by atoms with Crippen LogP contribution in [-0.4, -0.2) is 49.9 Å². The number of aliphatic hydroxyl groups is 1. The molecule has 1 aliphatic heterocycles. The molecule has 1 fully saturated rings. The van der Waals surface area contributed by atoms with Gasteiger partial charge in [-0.2, -0.15) is 10.4 Å². The highest BCUT2D eigenvalue weighted by Crippen LogP contribution is 2.39. The highest BCUT2D eigenvalue weighted by atomic mass is 32.2. The molecule has 0 aliphatic carbocycles. The summed E-state index contributed by atoms with van der Waals surface area (Å²) in [5.41, 5.74) is -1.78. The average molecular weight is 543 g/mol. The zero-order valence-electron chi connectivity index (χ0n) is 20.4. The molecule has 1 aliphatic rings. The van der Waals surface area contributed by atoms with E-state index in [2.05, 4.69) is 10.1 Å². The molecule has 2 heterocycles. The van der Waals surface area contributed by atoms with Gasteiger partial charge in [0.2, 0.25) is 0 Å². The summed E-state index contributed by atoms with van der Waals surface area (Å²) in [6.45, 7) is 2.03. The van der Waals surface area contributed by atoms with Gasteiger partial charge in [0.1, 0.15) is 35.7 Å². The normalized spacial score (nSPS) is 20.4. The second kappa shape index (κ2) is 12.4. The van der Waals surface area contributed by atoms with Gasteiger partial charge in [-0.25, -0.2) is 22.8 Å². The summed E-state index contributed by atoms with van der Waals surface area (Å²) < 4.78 is 56.2. The summed E-state index contributed by atoms with van der Waals surface area (Å²) in [6, 6.07) is 9.57. The Morgan fingerprint density at radius 3 is 2.55 bits per heavy atom. The van der Waals surface area contributed by atoms with Gasteiger partial charge in [0.05, 0.1) is 42.2 Å². The predicted molar refractivity (Wildman–Crippen MR) is 136 cm³/mol. The minimum atomic E-state index is -1.93. The topological polar surface area (TPSA) is 93.2 Å². The summed E-state index contributed by atoms with van der Waals surface area (Å²) in [5.74, 6) is -2.20. The predicted octanol–water partition coefficient (Wildman–Crippen LogP) is 4.59. The summed E-state index contributed by atoms with van der Waals surface area (Å²) in [5, 5.41) is 23.5. The van der Waals surface area contributed by atoms with E-state index in [1.165, 1.54) is 53.4 Å². The lowest BCUT2D eigenvalue weighted by Crippen LogP contribution is -2.44. The van der Waals surface area contributed by atoms with Crippen LogP contribution in [0, 0.1) is 28.8 Å². The molecule has 0 unspecified atom stereocenters. The van der Waals surface area contributed by atoms with Crippen molar-refractivity contribution in [1.29, 1.82) is 5.26 Å². The first-order valence-electron chi connectivity index (χ1n) is 11.7. The summed E-state index contributed by atoms with van der Waals surface area (Å²) >= 11 is 1.30. The number of rotatable bonds is 9. The Balaban J connectivity index is 1.37. The van der Waals surface area contributed by atoms with Crippen LogP contribution >= 0.6 is 11.8 Å². The number of nitriles is 1. The molecule has 198 valence electrons. The van der Waals surface area contributed by atoms with Crippen LogP contribution < -0.4 is 0 Å². The molecule has 2 aromatic carbocycles. The number of thioether (sulfide) groups is 1. The second-order valence-electron chi connectivity index (χ2n) is 8.64. The van der Waals surface area contributed by atoms with Crippen molar-refractivity contribution in [3.8, 4) is 6.07 Å². The van der Waals surface area contributed by atoms with Crippen molar-refractivity contribution < 1.29 is 27.8 Å². The molecule has 0 spiro atoms. The number of nitrogens with zero attached hydrogens (tertiary/aromatic N) is 4. The monoisotopic (exact) mass is 542 g/mol. The molecule has 2 atom stereocenters. The van der Waals surface area contributed by atoms with Crippen molar-refractivity contribution in [1.82, 2.24) is 14.8 Å². The Morgan fingerprint density at radius 2 is 1.92 bits per heavy atom. The van der Waals surface area contributed by atoms with Gasteiger partial charge >= 0.3 is 0 Å². The van der Waals surface area contributed by atoms with Crippen LogP contribution in [0.4, 0.5) is 13.2 Å². The molecule has 0 radical (unpaired) electrons. The van der Waals surface area contributed by atoms with Gasteiger partial charge in [0.15, 0.2) is 6.29 Å². The quantitative estimate of drug-likeness (QED) is 0.396. The molecule has 0 saturated carbocycles. The van der Waals surface area contributed by atoms with E-state index < -0.39 is 40.2 Å². The first kappa shape index (κ1) is 27.6. The maximum absolute atomic E-state index is 14.7. The summed E-state index contributed by atoms with van der Waals surface area (Å²) in [6.07, 6.45) is 8.54. The molecule has 4 rings (SSSR count). The Labute approximate surface area is 222 Å². The lowest BCUT2D eigenvalue weighted by atomic mass is 9.89. The van der Waals surface area contributed by atoms with Crippen LogP contribution in [0.3, 0.4) is 0 Å². The molecule has 0 bridgehead atoms. The van der Waals surface area contributed by atoms with Crippen molar-refractivity contribution in [3.63, 3.8) is 0 Å². The Morgan fingerprint density at radius 1 is 1.18 bits per heavy atom. The van der Waals surface area contributed by atoms with E-state index in [4.69, 9.17) is 14.7 Å². The Bertz CT molecular complexity index is 1320. The van der Waals surface area contributed by atoms with E-state index >= 15 is 0 Å². The van der Waals surface area contributed by atoms with Gasteiger partial charge in [-0.1, -0.05) is 37.3 Å². The standard InChI is InChI=1S/C27H25F3N4O3S/c1-18(27(35,15-34-17-32-16-33-34)26-22(28)6-4-7-23(26)29)38-21-13-36-25(37-14-21)8-3-2-5-20-10-9-19(12-31)11-24(20)30/h2-11,16-18,21,25,35H,13-15H2,1H3/b5-2+,8-3+/t18-,21?,25?,27-/m1/s1. The van der Waals surface area contributed by atoms with Crippen LogP contribution in [0.25, 0.3) is 6.08 Å². The smallest absolute Gasteiger partial charge is 0.177 e. The second-order valence-corrected chi connectivity index (χ2v) is 10.3. The lowest BCUT2D eigenvalue weighted by molar-refractivity contribution is -0.146. The van der Waals surface area contributed by atoms with Crippen molar-refractivity contribution in [3.05, 3.63) is 101 Å². The highest BCUT2D eigenvalue weighted by Gasteiger charge is 2.43. The van der Waals surface area contributed by atoms with Crippen LogP contribution in [-0.2, 0) is 21.6 Å². The van der Waals surface area contributed by atoms with E-state index in [1.807, 2.05) is 6.07 Å². The highest BCUT2D eigenvalue weighted by molar-refractivity contribution is 8.00. The minimum absolute atomic E-state index is 0.203. The molecule has 0 amide bonds. The fraction of sp³-hybridized carbons (Fsp3) is 0.296. The van der Waals surface area contributed by atoms with E-state index in [0.29, 0.717) is 5.56 Å². The summed E-state index contributed by atoms with van der Waals surface area (Å²) in [7, 11) is 0.